The number of carbonyl (C=O) groups excluding carboxylic acids is 2. The van der Waals surface area contributed by atoms with E-state index in [9.17, 15) is 18.0 Å². The molecule has 3 rings (SSSR count). The molecule has 7 nitrogen and oxygen atoms in total. The van der Waals surface area contributed by atoms with E-state index in [1.165, 1.54) is 24.1 Å². The number of amides is 2. The zero-order valence-electron chi connectivity index (χ0n) is 20.1. The summed E-state index contributed by atoms with van der Waals surface area (Å²) in [7, 11) is -2.62. The normalized spacial score (nSPS) is 12.0. The second-order valence-electron chi connectivity index (χ2n) is 8.20. The molecular formula is C26H27BrClN3O4S. The fourth-order valence-electron chi connectivity index (χ4n) is 3.76. The first-order valence-corrected chi connectivity index (χ1v) is 13.7. The van der Waals surface area contributed by atoms with Crippen LogP contribution in [-0.4, -0.2) is 44.8 Å². The Balaban J connectivity index is 2.06. The van der Waals surface area contributed by atoms with Crippen molar-refractivity contribution < 1.29 is 18.0 Å². The molecule has 0 aliphatic heterocycles. The molecule has 0 saturated carbocycles. The zero-order valence-corrected chi connectivity index (χ0v) is 23.3. The monoisotopic (exact) mass is 591 g/mol. The van der Waals surface area contributed by atoms with Gasteiger partial charge >= 0.3 is 0 Å². The molecule has 36 heavy (non-hydrogen) atoms. The third-order valence-corrected chi connectivity index (χ3v) is 8.20. The van der Waals surface area contributed by atoms with Gasteiger partial charge in [-0.3, -0.25) is 13.9 Å². The molecule has 190 valence electrons. The minimum absolute atomic E-state index is 0.0463. The van der Waals surface area contributed by atoms with Crippen LogP contribution in [-0.2, 0) is 26.2 Å². The number of likely N-dealkylation sites (N-methyl/N-ethyl adjacent to an activating group) is 1. The molecule has 0 bridgehead atoms. The number of halogens is 2. The Kier molecular flexibility index (Phi) is 9.16. The van der Waals surface area contributed by atoms with Gasteiger partial charge in [-0.25, -0.2) is 8.42 Å². The van der Waals surface area contributed by atoms with E-state index in [0.29, 0.717) is 16.3 Å². The van der Waals surface area contributed by atoms with Crippen molar-refractivity contribution in [2.24, 2.45) is 0 Å². The van der Waals surface area contributed by atoms with Gasteiger partial charge in [-0.15, -0.1) is 0 Å². The van der Waals surface area contributed by atoms with Gasteiger partial charge in [0, 0.05) is 23.1 Å². The quantitative estimate of drug-likeness (QED) is 0.388. The van der Waals surface area contributed by atoms with Crippen LogP contribution in [0.15, 0.2) is 82.2 Å². The number of aryl methyl sites for hydroxylation is 1. The van der Waals surface area contributed by atoms with E-state index in [1.807, 2.05) is 24.3 Å². The van der Waals surface area contributed by atoms with Gasteiger partial charge in [-0.1, -0.05) is 57.9 Å². The van der Waals surface area contributed by atoms with E-state index in [-0.39, 0.29) is 17.3 Å². The Hall–Kier alpha value is -2.88. The Bertz CT molecular complexity index is 1350. The van der Waals surface area contributed by atoms with Gasteiger partial charge in [-0.2, -0.15) is 0 Å². The standard InChI is InChI=1S/C26H27BrClN3O4S/c1-18-14-22(28)12-13-24(18)31(36(34,35)23-10-5-4-6-11-23)17-25(32)30(19(2)26(33)29-3)16-20-8-7-9-21(27)15-20/h4-15,19H,16-17H2,1-3H3,(H,29,33)/t19-/m1/s1. The highest BCUT2D eigenvalue weighted by atomic mass is 79.9. The lowest BCUT2D eigenvalue weighted by Gasteiger charge is -2.32. The van der Waals surface area contributed by atoms with E-state index in [4.69, 9.17) is 11.6 Å². The van der Waals surface area contributed by atoms with Crippen LogP contribution in [0.5, 0.6) is 0 Å². The summed E-state index contributed by atoms with van der Waals surface area (Å²) in [6, 6.07) is 19.2. The summed E-state index contributed by atoms with van der Waals surface area (Å²) in [5.41, 5.74) is 1.70. The molecule has 0 aliphatic carbocycles. The van der Waals surface area contributed by atoms with Crippen LogP contribution in [0.1, 0.15) is 18.1 Å². The van der Waals surface area contributed by atoms with Gasteiger partial charge in [0.1, 0.15) is 12.6 Å². The first-order chi connectivity index (χ1) is 17.0. The molecule has 0 unspecified atom stereocenters. The fraction of sp³-hybridized carbons (Fsp3) is 0.231. The molecule has 0 fully saturated rings. The van der Waals surface area contributed by atoms with Crippen LogP contribution >= 0.6 is 27.5 Å². The summed E-state index contributed by atoms with van der Waals surface area (Å²) in [5.74, 6) is -0.890. The average Bonchev–Trinajstić information content (AvgIpc) is 2.85. The van der Waals surface area contributed by atoms with Crippen molar-refractivity contribution in [1.29, 1.82) is 0 Å². The topological polar surface area (TPSA) is 86.8 Å². The largest absolute Gasteiger partial charge is 0.357 e. The number of sulfonamides is 1. The second kappa shape index (κ2) is 11.9. The molecule has 0 spiro atoms. The molecule has 2 amide bonds. The Morgan fingerprint density at radius 1 is 1.03 bits per heavy atom. The third kappa shape index (κ3) is 6.46. The molecule has 0 heterocycles. The van der Waals surface area contributed by atoms with Crippen molar-refractivity contribution in [3.8, 4) is 0 Å². The number of rotatable bonds is 9. The van der Waals surface area contributed by atoms with Gasteiger partial charge in [0.2, 0.25) is 11.8 Å². The molecule has 0 aliphatic rings. The Morgan fingerprint density at radius 3 is 2.33 bits per heavy atom. The SMILES string of the molecule is CNC(=O)[C@@H](C)N(Cc1cccc(Br)c1)C(=O)CN(c1ccc(Cl)cc1C)S(=O)(=O)c1ccccc1. The van der Waals surface area contributed by atoms with Gasteiger partial charge in [-0.05, 0) is 67.4 Å². The fourth-order valence-corrected chi connectivity index (χ4v) is 5.93. The lowest BCUT2D eigenvalue weighted by Crippen LogP contribution is -2.50. The van der Waals surface area contributed by atoms with Gasteiger partial charge in [0.25, 0.3) is 10.0 Å². The molecule has 0 aromatic heterocycles. The van der Waals surface area contributed by atoms with E-state index >= 15 is 0 Å². The summed E-state index contributed by atoms with van der Waals surface area (Å²) in [6.45, 7) is 2.95. The number of carbonyl (C=O) groups is 2. The molecule has 1 N–H and O–H groups in total. The Morgan fingerprint density at radius 2 is 1.72 bits per heavy atom. The number of benzene rings is 3. The average molecular weight is 593 g/mol. The highest BCUT2D eigenvalue weighted by Gasteiger charge is 2.32. The lowest BCUT2D eigenvalue weighted by molar-refractivity contribution is -0.139. The molecule has 3 aromatic rings. The van der Waals surface area contributed by atoms with Gasteiger partial charge in [0.15, 0.2) is 0 Å². The number of nitrogens with one attached hydrogen (secondary N) is 1. The van der Waals surface area contributed by atoms with Gasteiger partial charge < -0.3 is 10.2 Å². The van der Waals surface area contributed by atoms with Crippen LogP contribution in [0.25, 0.3) is 0 Å². The van der Waals surface area contributed by atoms with E-state index in [1.54, 1.807) is 50.2 Å². The van der Waals surface area contributed by atoms with Crippen molar-refractivity contribution in [2.45, 2.75) is 31.3 Å². The number of anilines is 1. The lowest BCUT2D eigenvalue weighted by atomic mass is 10.1. The highest BCUT2D eigenvalue weighted by Crippen LogP contribution is 2.29. The second-order valence-corrected chi connectivity index (χ2v) is 11.4. The first-order valence-electron chi connectivity index (χ1n) is 11.1. The number of hydrogen-bond acceptors (Lipinski definition) is 4. The van der Waals surface area contributed by atoms with E-state index in [0.717, 1.165) is 14.3 Å². The summed E-state index contributed by atoms with van der Waals surface area (Å²) in [5, 5.41) is 3.01. The summed E-state index contributed by atoms with van der Waals surface area (Å²) in [6.07, 6.45) is 0. The summed E-state index contributed by atoms with van der Waals surface area (Å²) in [4.78, 5) is 27.7. The summed E-state index contributed by atoms with van der Waals surface area (Å²) < 4.78 is 29.3. The minimum Gasteiger partial charge on any atom is -0.357 e. The maximum atomic E-state index is 13.7. The maximum absolute atomic E-state index is 13.7. The van der Waals surface area contributed by atoms with Crippen molar-refractivity contribution in [3.63, 3.8) is 0 Å². The van der Waals surface area contributed by atoms with E-state index < -0.39 is 28.5 Å². The van der Waals surface area contributed by atoms with Gasteiger partial charge in [0.05, 0.1) is 10.6 Å². The Labute approximate surface area is 225 Å². The van der Waals surface area contributed by atoms with Crippen LogP contribution in [0.2, 0.25) is 5.02 Å². The molecular weight excluding hydrogens is 566 g/mol. The van der Waals surface area contributed by atoms with Crippen molar-refractivity contribution in [2.75, 3.05) is 17.9 Å². The number of hydrogen-bond donors (Lipinski definition) is 1. The van der Waals surface area contributed by atoms with Crippen LogP contribution in [0.3, 0.4) is 0 Å². The molecule has 0 radical (unpaired) electrons. The highest BCUT2D eigenvalue weighted by molar-refractivity contribution is 9.10. The first kappa shape index (κ1) is 27.7. The predicted octanol–water partition coefficient (Wildman–Crippen LogP) is 4.77. The van der Waals surface area contributed by atoms with Crippen molar-refractivity contribution >= 4 is 55.1 Å². The van der Waals surface area contributed by atoms with Crippen LogP contribution < -0.4 is 9.62 Å². The van der Waals surface area contributed by atoms with Crippen LogP contribution in [0.4, 0.5) is 5.69 Å². The molecule has 3 aromatic carbocycles. The zero-order chi connectivity index (χ0) is 26.5. The predicted molar refractivity (Wildman–Crippen MR) is 145 cm³/mol. The molecule has 1 atom stereocenters. The van der Waals surface area contributed by atoms with Crippen LogP contribution in [0, 0.1) is 6.92 Å². The number of nitrogens with zero attached hydrogens (tertiary/aromatic N) is 2. The maximum Gasteiger partial charge on any atom is 0.264 e. The molecule has 0 saturated heterocycles. The third-order valence-electron chi connectivity index (χ3n) is 5.69. The van der Waals surface area contributed by atoms with E-state index in [2.05, 4.69) is 21.2 Å². The van der Waals surface area contributed by atoms with Crippen molar-refractivity contribution in [3.05, 3.63) is 93.4 Å². The molecule has 10 heteroatoms. The minimum atomic E-state index is -4.11. The van der Waals surface area contributed by atoms with Crippen molar-refractivity contribution in [1.82, 2.24) is 10.2 Å². The smallest absolute Gasteiger partial charge is 0.264 e. The summed E-state index contributed by atoms with van der Waals surface area (Å²) >= 11 is 9.54.